The number of ether oxygens (including phenoxy) is 1. The van der Waals surface area contributed by atoms with Gasteiger partial charge in [-0.25, -0.2) is 14.1 Å². The van der Waals surface area contributed by atoms with E-state index >= 15 is 0 Å². The smallest absolute Gasteiger partial charge is 0.417 e. The molecule has 8 heteroatoms. The summed E-state index contributed by atoms with van der Waals surface area (Å²) in [4.78, 5) is 25.8. The van der Waals surface area contributed by atoms with Crippen LogP contribution in [0.4, 0.5) is 9.18 Å². The topological polar surface area (TPSA) is 76.1 Å². The number of rotatable bonds is 4. The molecule has 0 saturated carbocycles. The van der Waals surface area contributed by atoms with Crippen molar-refractivity contribution < 1.29 is 28.5 Å². The van der Waals surface area contributed by atoms with E-state index < -0.39 is 34.6 Å². The van der Waals surface area contributed by atoms with Crippen LogP contribution in [0.2, 0.25) is 0 Å². The summed E-state index contributed by atoms with van der Waals surface area (Å²) in [6.07, 6.45) is -0.471. The molecule has 0 bridgehead atoms. The molecule has 1 radical (unpaired) electrons. The van der Waals surface area contributed by atoms with Crippen LogP contribution < -0.4 is 5.46 Å². The van der Waals surface area contributed by atoms with Gasteiger partial charge in [0.25, 0.3) is 5.91 Å². The van der Waals surface area contributed by atoms with E-state index in [-0.39, 0.29) is 12.1 Å². The molecule has 0 aromatic heterocycles. The van der Waals surface area contributed by atoms with E-state index in [1.54, 1.807) is 54.5 Å². The van der Waals surface area contributed by atoms with Crippen LogP contribution in [0.15, 0.2) is 12.1 Å². The molecule has 28 heavy (non-hydrogen) atoms. The Morgan fingerprint density at radius 2 is 1.79 bits per heavy atom. The normalized spacial score (nSPS) is 15.3. The second-order valence-corrected chi connectivity index (χ2v) is 9.03. The minimum atomic E-state index is -1.11. The minimum Gasteiger partial charge on any atom is -0.443 e. The molecule has 2 rings (SSSR count). The Morgan fingerprint density at radius 3 is 2.32 bits per heavy atom. The first-order valence-electron chi connectivity index (χ1n) is 9.23. The average molecular weight is 392 g/mol. The third-order valence-electron chi connectivity index (χ3n) is 4.83. The lowest BCUT2D eigenvalue weighted by Crippen LogP contribution is -2.49. The molecule has 2 amide bonds. The molecule has 0 saturated heterocycles. The Morgan fingerprint density at radius 1 is 1.18 bits per heavy atom. The first-order valence-corrected chi connectivity index (χ1v) is 9.23. The highest BCUT2D eigenvalue weighted by Gasteiger charge is 2.37. The highest BCUT2D eigenvalue weighted by atomic mass is 19.1. The van der Waals surface area contributed by atoms with Gasteiger partial charge in [0.1, 0.15) is 11.4 Å². The zero-order valence-corrected chi connectivity index (χ0v) is 17.6. The summed E-state index contributed by atoms with van der Waals surface area (Å²) in [5, 5.41) is 10.2. The number of carbonyl (C=O) groups excluding carboxylic acids is 2. The summed E-state index contributed by atoms with van der Waals surface area (Å²) in [5.74, 6) is -1.44. The second kappa shape index (κ2) is 7.48. The van der Waals surface area contributed by atoms with Crippen LogP contribution in [0.25, 0.3) is 0 Å². The van der Waals surface area contributed by atoms with Crippen molar-refractivity contribution in [1.82, 2.24) is 4.90 Å². The number of halogens is 1. The molecule has 1 heterocycles. The maximum Gasteiger partial charge on any atom is 0.417 e. The first kappa shape index (κ1) is 22.4. The van der Waals surface area contributed by atoms with Gasteiger partial charge in [-0.3, -0.25) is 4.79 Å². The molecule has 0 fully saturated rings. The Bertz CT molecular complexity index is 780. The van der Waals surface area contributed by atoms with Crippen LogP contribution in [0.5, 0.6) is 0 Å². The van der Waals surface area contributed by atoms with Crippen molar-refractivity contribution in [1.29, 1.82) is 0 Å². The third-order valence-corrected chi connectivity index (χ3v) is 4.83. The van der Waals surface area contributed by atoms with E-state index in [0.29, 0.717) is 17.4 Å². The monoisotopic (exact) mass is 392 g/mol. The number of aliphatic hydroxyl groups is 1. The van der Waals surface area contributed by atoms with Crippen molar-refractivity contribution in [3.8, 4) is 0 Å². The fourth-order valence-electron chi connectivity index (χ4n) is 2.51. The average Bonchev–Trinajstić information content (AvgIpc) is 2.50. The number of nitrogens with zero attached hydrogens (tertiary/aromatic N) is 1. The highest BCUT2D eigenvalue weighted by Crippen LogP contribution is 2.25. The number of hydrogen-bond acceptors (Lipinski definition) is 5. The fraction of sp³-hybridized carbons (Fsp3) is 0.600. The van der Waals surface area contributed by atoms with Gasteiger partial charge in [0.2, 0.25) is 0 Å². The number of fused-ring (bicyclic) bond motifs is 1. The maximum absolute atomic E-state index is 14.7. The van der Waals surface area contributed by atoms with Crippen molar-refractivity contribution in [2.75, 3.05) is 6.54 Å². The van der Waals surface area contributed by atoms with E-state index in [1.165, 1.54) is 13.5 Å². The number of carbonyl (C=O) groups is 2. The van der Waals surface area contributed by atoms with Crippen molar-refractivity contribution in [3.05, 3.63) is 29.1 Å². The van der Waals surface area contributed by atoms with Gasteiger partial charge in [-0.2, -0.15) is 0 Å². The van der Waals surface area contributed by atoms with Crippen LogP contribution in [0.3, 0.4) is 0 Å². The summed E-state index contributed by atoms with van der Waals surface area (Å²) in [6.45, 7) is 11.9. The minimum absolute atomic E-state index is 0.111. The van der Waals surface area contributed by atoms with Crippen LogP contribution in [0.1, 0.15) is 64.4 Å². The lowest BCUT2D eigenvalue weighted by molar-refractivity contribution is -0.0893. The Hall–Kier alpha value is -1.93. The molecule has 0 atom stereocenters. The van der Waals surface area contributed by atoms with Crippen LogP contribution in [-0.4, -0.2) is 52.8 Å². The van der Waals surface area contributed by atoms with Gasteiger partial charge in [-0.05, 0) is 66.5 Å². The van der Waals surface area contributed by atoms with Crippen molar-refractivity contribution in [2.24, 2.45) is 0 Å². The second-order valence-electron chi connectivity index (χ2n) is 9.03. The van der Waals surface area contributed by atoms with Gasteiger partial charge in [-0.1, -0.05) is 11.5 Å². The lowest BCUT2D eigenvalue weighted by Gasteiger charge is -2.37. The molecule has 0 unspecified atom stereocenters. The summed E-state index contributed by atoms with van der Waals surface area (Å²) in [7, 11) is 1.37. The number of amides is 2. The Kier molecular flexibility index (Phi) is 5.98. The van der Waals surface area contributed by atoms with Crippen molar-refractivity contribution in [2.45, 2.75) is 71.7 Å². The van der Waals surface area contributed by atoms with Crippen molar-refractivity contribution >= 4 is 24.9 Å². The first-order chi connectivity index (χ1) is 12.6. The maximum atomic E-state index is 14.7. The predicted molar refractivity (Wildman–Crippen MR) is 104 cm³/mol. The summed E-state index contributed by atoms with van der Waals surface area (Å²) < 4.78 is 25.6. The van der Waals surface area contributed by atoms with E-state index in [0.717, 1.165) is 4.90 Å². The zero-order valence-electron chi connectivity index (χ0n) is 17.6. The number of benzene rings is 1. The largest absolute Gasteiger partial charge is 0.443 e. The van der Waals surface area contributed by atoms with Gasteiger partial charge in [0.05, 0.1) is 16.8 Å². The van der Waals surface area contributed by atoms with Gasteiger partial charge < -0.3 is 14.5 Å². The molecule has 0 aliphatic carbocycles. The molecule has 6 nitrogen and oxygen atoms in total. The quantitative estimate of drug-likeness (QED) is 0.798. The molecular formula is C20H28BFNO5. The van der Waals surface area contributed by atoms with E-state index in [9.17, 15) is 19.1 Å². The molecule has 1 aromatic carbocycles. The van der Waals surface area contributed by atoms with E-state index in [4.69, 9.17) is 9.39 Å². The SMILES string of the molecule is CC(C)(C)OC(=O)N1CCc2cc([B]OC(C)(C)C(C)(C)O)cc(F)c2C1=O. The van der Waals surface area contributed by atoms with Gasteiger partial charge in [0, 0.05) is 6.54 Å². The molecule has 1 aliphatic rings. The third kappa shape index (κ3) is 4.91. The number of hydrogen-bond donors (Lipinski definition) is 1. The molecule has 1 N–H and O–H groups in total. The molecule has 1 aliphatic heterocycles. The Balaban J connectivity index is 2.21. The summed E-state index contributed by atoms with van der Waals surface area (Å²) >= 11 is 0. The van der Waals surface area contributed by atoms with Crippen molar-refractivity contribution in [3.63, 3.8) is 0 Å². The fourth-order valence-corrected chi connectivity index (χ4v) is 2.51. The zero-order chi connectivity index (χ0) is 21.5. The molecule has 0 spiro atoms. The van der Waals surface area contributed by atoms with Gasteiger partial charge in [-0.15, -0.1) is 0 Å². The van der Waals surface area contributed by atoms with E-state index in [1.807, 2.05) is 0 Å². The summed E-state index contributed by atoms with van der Waals surface area (Å²) in [6, 6.07) is 2.83. The number of imide groups is 1. The highest BCUT2D eigenvalue weighted by molar-refractivity contribution is 6.47. The van der Waals surface area contributed by atoms with Crippen LogP contribution >= 0.6 is 0 Å². The van der Waals surface area contributed by atoms with Crippen LogP contribution in [0, 0.1) is 5.82 Å². The van der Waals surface area contributed by atoms with Gasteiger partial charge in [0.15, 0.2) is 0 Å². The Labute approximate surface area is 166 Å². The predicted octanol–water partition coefficient (Wildman–Crippen LogP) is 2.57. The summed E-state index contributed by atoms with van der Waals surface area (Å²) in [5.41, 5.74) is -1.95. The van der Waals surface area contributed by atoms with Gasteiger partial charge >= 0.3 is 13.6 Å². The van der Waals surface area contributed by atoms with E-state index in [2.05, 4.69) is 0 Å². The molecule has 153 valence electrons. The molecular weight excluding hydrogens is 364 g/mol. The molecule has 1 aromatic rings. The standard InChI is InChI=1S/C20H28BFNO5/c1-18(2,3)27-17(25)23-9-8-12-10-13(11-14(22)15(12)16(23)24)21-28-20(6,7)19(4,5)26/h10-11,26H,8-9H2,1-7H3. The lowest BCUT2D eigenvalue weighted by atomic mass is 9.80. The van der Waals surface area contributed by atoms with Crippen LogP contribution in [-0.2, 0) is 15.8 Å².